The van der Waals surface area contributed by atoms with E-state index >= 15 is 0 Å². The summed E-state index contributed by atoms with van der Waals surface area (Å²) in [6.45, 7) is 2.75. The summed E-state index contributed by atoms with van der Waals surface area (Å²) < 4.78 is 5.74. The number of hydrogen-bond acceptors (Lipinski definition) is 6. The standard InChI is InChI=1S/C27H26N2O5/c1-2-3-14-34-22-9-5-7-20(16-22)25(31)23-24(19-6-4-8-21(30)15-19)29(27(33)26(23)32)17-18-10-12-28-13-11-18/h4-13,15-16,24,30-31H,2-3,14,17H2,1H3/b25-23+. The minimum absolute atomic E-state index is 0.00156. The first-order chi connectivity index (χ1) is 16.5. The molecule has 1 unspecified atom stereocenters. The number of amides is 1. The van der Waals surface area contributed by atoms with Crippen LogP contribution in [0.4, 0.5) is 0 Å². The van der Waals surface area contributed by atoms with Crippen LogP contribution in [0.2, 0.25) is 0 Å². The van der Waals surface area contributed by atoms with E-state index in [4.69, 9.17) is 4.74 Å². The van der Waals surface area contributed by atoms with Crippen LogP contribution in [0.3, 0.4) is 0 Å². The fraction of sp³-hybridized carbons (Fsp3) is 0.222. The SMILES string of the molecule is CCCCOc1cccc(/C(O)=C2\C(=O)C(=O)N(Cc3ccncc3)C2c2cccc(O)c2)c1. The minimum atomic E-state index is -0.870. The number of aliphatic hydroxyl groups is 1. The molecule has 174 valence electrons. The number of likely N-dealkylation sites (tertiary alicyclic amines) is 1. The van der Waals surface area contributed by atoms with Gasteiger partial charge < -0.3 is 19.8 Å². The lowest BCUT2D eigenvalue weighted by molar-refractivity contribution is -0.140. The molecule has 1 aromatic heterocycles. The van der Waals surface area contributed by atoms with Gasteiger partial charge in [-0.15, -0.1) is 0 Å². The Labute approximate surface area is 198 Å². The number of aromatic nitrogens is 1. The van der Waals surface area contributed by atoms with Crippen LogP contribution in [0.1, 0.15) is 42.5 Å². The number of ketones is 1. The lowest BCUT2D eigenvalue weighted by atomic mass is 9.95. The summed E-state index contributed by atoms with van der Waals surface area (Å²) in [5, 5.41) is 21.3. The van der Waals surface area contributed by atoms with Crippen LogP contribution in [0.5, 0.6) is 11.5 Å². The summed E-state index contributed by atoms with van der Waals surface area (Å²) >= 11 is 0. The van der Waals surface area contributed by atoms with Gasteiger partial charge in [-0.2, -0.15) is 0 Å². The Balaban J connectivity index is 1.79. The van der Waals surface area contributed by atoms with Gasteiger partial charge in [0.15, 0.2) is 0 Å². The molecule has 1 saturated heterocycles. The number of nitrogens with zero attached hydrogens (tertiary/aromatic N) is 2. The second-order valence-electron chi connectivity index (χ2n) is 8.11. The first kappa shape index (κ1) is 23.0. The van der Waals surface area contributed by atoms with Crippen LogP contribution in [0, 0.1) is 0 Å². The number of rotatable bonds is 8. The highest BCUT2D eigenvalue weighted by molar-refractivity contribution is 6.46. The first-order valence-electron chi connectivity index (χ1n) is 11.2. The van der Waals surface area contributed by atoms with Crippen molar-refractivity contribution in [1.29, 1.82) is 0 Å². The molecule has 7 heteroatoms. The number of phenols is 1. The topological polar surface area (TPSA) is 100.0 Å². The molecule has 0 aliphatic carbocycles. The Kier molecular flexibility index (Phi) is 6.92. The zero-order valence-corrected chi connectivity index (χ0v) is 18.8. The number of unbranched alkanes of at least 4 members (excludes halogenated alkanes) is 1. The summed E-state index contributed by atoms with van der Waals surface area (Å²) in [6.07, 6.45) is 5.11. The van der Waals surface area contributed by atoms with E-state index in [0.29, 0.717) is 23.5 Å². The fourth-order valence-corrected chi connectivity index (χ4v) is 3.99. The van der Waals surface area contributed by atoms with Gasteiger partial charge in [-0.1, -0.05) is 37.6 Å². The van der Waals surface area contributed by atoms with Gasteiger partial charge in [-0.3, -0.25) is 14.6 Å². The lowest BCUT2D eigenvalue weighted by Crippen LogP contribution is -2.29. The van der Waals surface area contributed by atoms with Crippen LogP contribution >= 0.6 is 0 Å². The summed E-state index contributed by atoms with van der Waals surface area (Å²) in [7, 11) is 0. The van der Waals surface area contributed by atoms with E-state index in [1.165, 1.54) is 17.0 Å². The number of pyridine rings is 1. The van der Waals surface area contributed by atoms with Gasteiger partial charge in [-0.05, 0) is 53.9 Å². The van der Waals surface area contributed by atoms with E-state index in [0.717, 1.165) is 18.4 Å². The van der Waals surface area contributed by atoms with Crippen LogP contribution in [-0.4, -0.2) is 38.4 Å². The van der Waals surface area contributed by atoms with Crippen molar-refractivity contribution in [2.45, 2.75) is 32.4 Å². The van der Waals surface area contributed by atoms with Crippen molar-refractivity contribution in [3.8, 4) is 11.5 Å². The molecule has 3 aromatic rings. The monoisotopic (exact) mass is 458 g/mol. The maximum absolute atomic E-state index is 13.2. The van der Waals surface area contributed by atoms with E-state index in [1.807, 2.05) is 0 Å². The summed E-state index contributed by atoms with van der Waals surface area (Å²) in [6, 6.07) is 15.8. The van der Waals surface area contributed by atoms with Gasteiger partial charge >= 0.3 is 0 Å². The van der Waals surface area contributed by atoms with Crippen LogP contribution in [0.15, 0.2) is 78.6 Å². The molecule has 4 rings (SSSR count). The fourth-order valence-electron chi connectivity index (χ4n) is 3.99. The van der Waals surface area contributed by atoms with E-state index in [-0.39, 0.29) is 23.6 Å². The molecule has 1 fully saturated rings. The molecule has 2 aromatic carbocycles. The predicted octanol–water partition coefficient (Wildman–Crippen LogP) is 4.59. The van der Waals surface area contributed by atoms with E-state index in [1.54, 1.807) is 60.9 Å². The molecule has 1 atom stereocenters. The zero-order valence-electron chi connectivity index (χ0n) is 18.8. The first-order valence-corrected chi connectivity index (χ1v) is 11.2. The van der Waals surface area contributed by atoms with E-state index in [2.05, 4.69) is 11.9 Å². The van der Waals surface area contributed by atoms with Gasteiger partial charge in [0, 0.05) is 24.5 Å². The van der Waals surface area contributed by atoms with Crippen molar-refractivity contribution < 1.29 is 24.5 Å². The molecule has 0 spiro atoms. The Morgan fingerprint density at radius 1 is 1.06 bits per heavy atom. The summed E-state index contributed by atoms with van der Waals surface area (Å²) in [5.41, 5.74) is 1.65. The molecular weight excluding hydrogens is 432 g/mol. The second-order valence-corrected chi connectivity index (χ2v) is 8.11. The average molecular weight is 459 g/mol. The van der Waals surface area contributed by atoms with Gasteiger partial charge in [0.25, 0.3) is 11.7 Å². The molecule has 7 nitrogen and oxygen atoms in total. The summed E-state index contributed by atoms with van der Waals surface area (Å²) in [4.78, 5) is 31.7. The van der Waals surface area contributed by atoms with E-state index in [9.17, 15) is 19.8 Å². The number of hydrogen-bond donors (Lipinski definition) is 2. The Hall–Kier alpha value is -4.13. The van der Waals surface area contributed by atoms with Gasteiger partial charge in [0.1, 0.15) is 17.3 Å². The second kappa shape index (κ2) is 10.2. The lowest BCUT2D eigenvalue weighted by Gasteiger charge is -2.25. The number of Topliss-reactive ketones (excluding diaryl/α,β-unsaturated/α-hetero) is 1. The molecular formula is C27H26N2O5. The third-order valence-corrected chi connectivity index (χ3v) is 5.70. The molecule has 1 aliphatic rings. The Morgan fingerprint density at radius 2 is 1.82 bits per heavy atom. The number of ether oxygens (including phenoxy) is 1. The molecule has 0 radical (unpaired) electrons. The third-order valence-electron chi connectivity index (χ3n) is 5.70. The number of aromatic hydroxyl groups is 1. The zero-order chi connectivity index (χ0) is 24.1. The summed E-state index contributed by atoms with van der Waals surface area (Å²) in [5.74, 6) is -1.22. The molecule has 1 aliphatic heterocycles. The normalized spacial score (nSPS) is 17.2. The van der Waals surface area contributed by atoms with Gasteiger partial charge in [-0.25, -0.2) is 0 Å². The third kappa shape index (κ3) is 4.78. The quantitative estimate of drug-likeness (QED) is 0.222. The largest absolute Gasteiger partial charge is 0.508 e. The molecule has 2 N–H and O–H groups in total. The Morgan fingerprint density at radius 3 is 2.56 bits per heavy atom. The van der Waals surface area contributed by atoms with Gasteiger partial charge in [0.05, 0.1) is 18.2 Å². The average Bonchev–Trinajstić information content (AvgIpc) is 3.09. The van der Waals surface area contributed by atoms with E-state index < -0.39 is 17.7 Å². The highest BCUT2D eigenvalue weighted by Gasteiger charge is 2.46. The highest BCUT2D eigenvalue weighted by Crippen LogP contribution is 2.41. The van der Waals surface area contributed by atoms with Crippen LogP contribution in [-0.2, 0) is 16.1 Å². The molecule has 34 heavy (non-hydrogen) atoms. The molecule has 0 saturated carbocycles. The molecule has 0 bridgehead atoms. The Bertz CT molecular complexity index is 1220. The van der Waals surface area contributed by atoms with Crippen molar-refractivity contribution in [2.24, 2.45) is 0 Å². The highest BCUT2D eigenvalue weighted by atomic mass is 16.5. The van der Waals surface area contributed by atoms with Crippen molar-refractivity contribution in [1.82, 2.24) is 9.88 Å². The minimum Gasteiger partial charge on any atom is -0.508 e. The van der Waals surface area contributed by atoms with Crippen molar-refractivity contribution >= 4 is 17.4 Å². The number of aliphatic hydroxyl groups excluding tert-OH is 1. The molecule has 2 heterocycles. The predicted molar refractivity (Wildman–Crippen MR) is 127 cm³/mol. The maximum atomic E-state index is 13.2. The number of phenolic OH excluding ortho intramolecular Hbond substituents is 1. The van der Waals surface area contributed by atoms with Crippen molar-refractivity contribution in [2.75, 3.05) is 6.61 Å². The van der Waals surface area contributed by atoms with Crippen molar-refractivity contribution in [3.63, 3.8) is 0 Å². The van der Waals surface area contributed by atoms with Crippen LogP contribution in [0.25, 0.3) is 5.76 Å². The van der Waals surface area contributed by atoms with Crippen LogP contribution < -0.4 is 4.74 Å². The number of carbonyl (C=O) groups is 2. The van der Waals surface area contributed by atoms with Gasteiger partial charge in [0.2, 0.25) is 0 Å². The number of benzene rings is 2. The number of carbonyl (C=O) groups excluding carboxylic acids is 2. The smallest absolute Gasteiger partial charge is 0.295 e. The van der Waals surface area contributed by atoms with Crippen molar-refractivity contribution in [3.05, 3.63) is 95.3 Å². The molecule has 1 amide bonds. The maximum Gasteiger partial charge on any atom is 0.295 e.